The highest BCUT2D eigenvalue weighted by atomic mass is 16.4. The highest BCUT2D eigenvalue weighted by molar-refractivity contribution is 5.97. The van der Waals surface area contributed by atoms with Crippen LogP contribution >= 0.6 is 0 Å². The Hall–Kier alpha value is -4.32. The van der Waals surface area contributed by atoms with E-state index in [9.17, 15) is 15.2 Å². The minimum atomic E-state index is -0.903. The van der Waals surface area contributed by atoms with Crippen molar-refractivity contribution >= 4 is 5.91 Å². The molecule has 0 radical (unpaired) electrons. The molecular weight excluding hydrogens is 478 g/mol. The quantitative estimate of drug-likeness (QED) is 0.382. The van der Waals surface area contributed by atoms with Gasteiger partial charge in [0.25, 0.3) is 5.91 Å². The summed E-state index contributed by atoms with van der Waals surface area (Å²) in [5.41, 5.74) is 9.57. The standard InChI is InChI=1S/C30H29N5O3/c1-30(32,17-20-8-3-2-4-9-20)29-34-33-27(38-29)23-14-22(26-12-6-5-10-21(26)18-31)15-24(16-23)28(37)35-13-7-11-25(35)19-36/h2-6,8-10,12,14-16,25,36H,7,11,13,17,19,32H2,1H3/t25-,30-/m1/s1. The van der Waals surface area contributed by atoms with Crippen molar-refractivity contribution in [2.24, 2.45) is 5.73 Å². The summed E-state index contributed by atoms with van der Waals surface area (Å²) in [7, 11) is 0. The number of hydrogen-bond donors (Lipinski definition) is 2. The molecule has 0 aliphatic carbocycles. The van der Waals surface area contributed by atoms with Gasteiger partial charge < -0.3 is 20.2 Å². The van der Waals surface area contributed by atoms with E-state index in [2.05, 4.69) is 16.3 Å². The molecule has 1 aromatic heterocycles. The Morgan fingerprint density at radius 2 is 1.87 bits per heavy atom. The lowest BCUT2D eigenvalue weighted by Gasteiger charge is -2.23. The molecule has 8 nitrogen and oxygen atoms in total. The maximum atomic E-state index is 13.6. The first kappa shape index (κ1) is 25.3. The minimum Gasteiger partial charge on any atom is -0.419 e. The SMILES string of the molecule is C[C@@](N)(Cc1ccccc1)c1nnc(-c2cc(C(=O)N3CCC[C@@H]3CO)cc(-c3ccccc3C#N)c2)o1. The highest BCUT2D eigenvalue weighted by Gasteiger charge is 2.31. The zero-order chi connectivity index (χ0) is 26.7. The second kappa shape index (κ2) is 10.6. The van der Waals surface area contributed by atoms with Gasteiger partial charge in [-0.3, -0.25) is 4.79 Å². The molecule has 3 N–H and O–H groups in total. The van der Waals surface area contributed by atoms with E-state index in [0.717, 1.165) is 18.4 Å². The number of aromatic nitrogens is 2. The Labute approximate surface area is 221 Å². The maximum absolute atomic E-state index is 13.6. The molecule has 2 atom stereocenters. The van der Waals surface area contributed by atoms with Crippen molar-refractivity contribution in [3.63, 3.8) is 0 Å². The van der Waals surface area contributed by atoms with Gasteiger partial charge in [-0.05, 0) is 67.1 Å². The summed E-state index contributed by atoms with van der Waals surface area (Å²) in [5.74, 6) is 0.328. The molecule has 0 unspecified atom stereocenters. The van der Waals surface area contributed by atoms with Crippen LogP contribution in [0.1, 0.15) is 47.1 Å². The molecule has 8 heteroatoms. The second-order valence-electron chi connectivity index (χ2n) is 9.93. The van der Waals surface area contributed by atoms with Gasteiger partial charge in [0.15, 0.2) is 0 Å². The van der Waals surface area contributed by atoms with Gasteiger partial charge in [-0.25, -0.2) is 0 Å². The Balaban J connectivity index is 1.56. The zero-order valence-corrected chi connectivity index (χ0v) is 21.2. The van der Waals surface area contributed by atoms with Gasteiger partial charge in [0, 0.05) is 17.7 Å². The van der Waals surface area contributed by atoms with Crippen LogP contribution in [-0.2, 0) is 12.0 Å². The molecule has 3 aromatic carbocycles. The molecule has 4 aromatic rings. The lowest BCUT2D eigenvalue weighted by molar-refractivity contribution is 0.0677. The van der Waals surface area contributed by atoms with E-state index >= 15 is 0 Å². The molecule has 2 heterocycles. The largest absolute Gasteiger partial charge is 0.419 e. The van der Waals surface area contributed by atoms with Crippen molar-refractivity contribution in [3.05, 3.63) is 95.4 Å². The van der Waals surface area contributed by atoms with Crippen LogP contribution in [0.5, 0.6) is 0 Å². The normalized spacial score (nSPS) is 16.7. The van der Waals surface area contributed by atoms with E-state index in [0.29, 0.717) is 40.8 Å². The number of aliphatic hydroxyl groups is 1. The van der Waals surface area contributed by atoms with Crippen LogP contribution in [0.2, 0.25) is 0 Å². The molecule has 1 aliphatic rings. The number of nitrogens with two attached hydrogens (primary N) is 1. The first-order valence-electron chi connectivity index (χ1n) is 12.6. The van der Waals surface area contributed by atoms with Crippen molar-refractivity contribution in [1.82, 2.24) is 15.1 Å². The van der Waals surface area contributed by atoms with Crippen LogP contribution in [0, 0.1) is 11.3 Å². The number of amides is 1. The lowest BCUT2D eigenvalue weighted by atomic mass is 9.94. The van der Waals surface area contributed by atoms with E-state index < -0.39 is 5.54 Å². The van der Waals surface area contributed by atoms with E-state index in [4.69, 9.17) is 10.2 Å². The Morgan fingerprint density at radius 3 is 2.63 bits per heavy atom. The van der Waals surface area contributed by atoms with Gasteiger partial charge in [0.05, 0.1) is 29.8 Å². The fraction of sp³-hybridized carbons (Fsp3) is 0.267. The summed E-state index contributed by atoms with van der Waals surface area (Å²) in [5, 5.41) is 28.0. The second-order valence-corrected chi connectivity index (χ2v) is 9.93. The molecule has 5 rings (SSSR count). The number of carbonyl (C=O) groups is 1. The first-order chi connectivity index (χ1) is 18.4. The average Bonchev–Trinajstić information content (AvgIpc) is 3.63. The predicted molar refractivity (Wildman–Crippen MR) is 143 cm³/mol. The van der Waals surface area contributed by atoms with Gasteiger partial charge in [-0.1, -0.05) is 48.5 Å². The molecule has 38 heavy (non-hydrogen) atoms. The van der Waals surface area contributed by atoms with E-state index in [1.807, 2.05) is 55.5 Å². The number of rotatable bonds is 7. The minimum absolute atomic E-state index is 0.0843. The number of benzene rings is 3. The van der Waals surface area contributed by atoms with Crippen LogP contribution < -0.4 is 5.73 Å². The van der Waals surface area contributed by atoms with Gasteiger partial charge >= 0.3 is 0 Å². The van der Waals surface area contributed by atoms with E-state index in [-0.39, 0.29) is 30.3 Å². The maximum Gasteiger partial charge on any atom is 0.254 e. The van der Waals surface area contributed by atoms with Gasteiger partial charge in [-0.2, -0.15) is 5.26 Å². The van der Waals surface area contributed by atoms with Gasteiger partial charge in [0.2, 0.25) is 11.8 Å². The number of nitrogens with zero attached hydrogens (tertiary/aromatic N) is 4. The number of hydrogen-bond acceptors (Lipinski definition) is 7. The van der Waals surface area contributed by atoms with Crippen LogP contribution in [0.3, 0.4) is 0 Å². The molecule has 0 spiro atoms. The fourth-order valence-electron chi connectivity index (χ4n) is 4.99. The molecule has 0 saturated carbocycles. The topological polar surface area (TPSA) is 129 Å². The molecule has 0 bridgehead atoms. The third-order valence-electron chi connectivity index (χ3n) is 6.96. The van der Waals surface area contributed by atoms with Gasteiger partial charge in [-0.15, -0.1) is 10.2 Å². The summed E-state index contributed by atoms with van der Waals surface area (Å²) >= 11 is 0. The molecule has 1 aliphatic heterocycles. The van der Waals surface area contributed by atoms with Crippen LogP contribution in [0.15, 0.2) is 77.2 Å². The molecule has 192 valence electrons. The molecule has 1 saturated heterocycles. The van der Waals surface area contributed by atoms with Crippen molar-refractivity contribution in [2.45, 2.75) is 37.8 Å². The van der Waals surface area contributed by atoms with Crippen LogP contribution in [-0.4, -0.2) is 45.3 Å². The summed E-state index contributed by atoms with van der Waals surface area (Å²) in [6.07, 6.45) is 2.10. The van der Waals surface area contributed by atoms with E-state index in [1.54, 1.807) is 29.2 Å². The molecule has 1 fully saturated rings. The van der Waals surface area contributed by atoms with Gasteiger partial charge in [0.1, 0.15) is 0 Å². The third kappa shape index (κ3) is 5.07. The Kier molecular flexibility index (Phi) is 7.05. The Morgan fingerprint density at radius 1 is 1.13 bits per heavy atom. The summed E-state index contributed by atoms with van der Waals surface area (Å²) in [6, 6.07) is 24.4. The van der Waals surface area contributed by atoms with E-state index in [1.165, 1.54) is 0 Å². The smallest absolute Gasteiger partial charge is 0.254 e. The number of nitriles is 1. The van der Waals surface area contributed by atoms with Crippen LogP contribution in [0.25, 0.3) is 22.6 Å². The zero-order valence-electron chi connectivity index (χ0n) is 21.2. The predicted octanol–water partition coefficient (Wildman–Crippen LogP) is 4.29. The summed E-state index contributed by atoms with van der Waals surface area (Å²) in [6.45, 7) is 2.33. The number of carbonyl (C=O) groups excluding carboxylic acids is 1. The molecule has 1 amide bonds. The van der Waals surface area contributed by atoms with Crippen molar-refractivity contribution in [3.8, 4) is 28.7 Å². The van der Waals surface area contributed by atoms with Crippen molar-refractivity contribution < 1.29 is 14.3 Å². The first-order valence-corrected chi connectivity index (χ1v) is 12.6. The fourth-order valence-corrected chi connectivity index (χ4v) is 4.99. The molecular formula is C30H29N5O3. The van der Waals surface area contributed by atoms with Crippen molar-refractivity contribution in [2.75, 3.05) is 13.2 Å². The number of aliphatic hydroxyl groups excluding tert-OH is 1. The monoisotopic (exact) mass is 507 g/mol. The third-order valence-corrected chi connectivity index (χ3v) is 6.96. The summed E-state index contributed by atoms with van der Waals surface area (Å²) < 4.78 is 6.08. The average molecular weight is 508 g/mol. The summed E-state index contributed by atoms with van der Waals surface area (Å²) in [4.78, 5) is 15.3. The Bertz CT molecular complexity index is 1490. The number of likely N-dealkylation sites (tertiary alicyclic amines) is 1. The van der Waals surface area contributed by atoms with Crippen LogP contribution in [0.4, 0.5) is 0 Å². The lowest BCUT2D eigenvalue weighted by Crippen LogP contribution is -2.37. The van der Waals surface area contributed by atoms with Crippen molar-refractivity contribution in [1.29, 1.82) is 5.26 Å². The highest BCUT2D eigenvalue weighted by Crippen LogP contribution is 2.32.